The van der Waals surface area contributed by atoms with Crippen LogP contribution in [0.4, 0.5) is 5.69 Å². The Balaban J connectivity index is 2.21. The maximum absolute atomic E-state index is 5.73. The van der Waals surface area contributed by atoms with Crippen LogP contribution in [0.25, 0.3) is 0 Å². The highest BCUT2D eigenvalue weighted by molar-refractivity contribution is 5.62. The molecule has 2 rings (SSSR count). The Morgan fingerprint density at radius 3 is 2.68 bits per heavy atom. The Labute approximate surface area is 115 Å². The molecule has 19 heavy (non-hydrogen) atoms. The molecule has 1 heterocycles. The van der Waals surface area contributed by atoms with Crippen molar-refractivity contribution in [3.05, 3.63) is 18.2 Å². The number of hydrogen-bond donors (Lipinski definition) is 1. The molecule has 1 aliphatic heterocycles. The minimum absolute atomic E-state index is 0.560. The molecule has 0 spiro atoms. The summed E-state index contributed by atoms with van der Waals surface area (Å²) in [6, 6.07) is 6.64. The molecule has 1 fully saturated rings. The maximum Gasteiger partial charge on any atom is 0.142 e. The molecule has 0 aliphatic carbocycles. The van der Waals surface area contributed by atoms with Gasteiger partial charge in [-0.3, -0.25) is 0 Å². The summed E-state index contributed by atoms with van der Waals surface area (Å²) in [7, 11) is 2.02. The van der Waals surface area contributed by atoms with Crippen molar-refractivity contribution in [3.8, 4) is 11.5 Å². The van der Waals surface area contributed by atoms with Crippen molar-refractivity contribution in [1.29, 1.82) is 0 Å². The summed E-state index contributed by atoms with van der Waals surface area (Å²) in [4.78, 5) is 2.37. The molecule has 4 heteroatoms. The fraction of sp³-hybridized carbons (Fsp3) is 0.600. The fourth-order valence-electron chi connectivity index (χ4n) is 2.49. The molecule has 0 aromatic heterocycles. The van der Waals surface area contributed by atoms with Gasteiger partial charge in [-0.1, -0.05) is 0 Å². The largest absolute Gasteiger partial charge is 0.494 e. The number of rotatable bonds is 6. The van der Waals surface area contributed by atoms with E-state index >= 15 is 0 Å². The van der Waals surface area contributed by atoms with E-state index in [0.717, 1.165) is 30.3 Å². The first-order chi connectivity index (χ1) is 9.28. The topological polar surface area (TPSA) is 33.7 Å². The second-order valence-electron chi connectivity index (χ2n) is 4.72. The lowest BCUT2D eigenvalue weighted by Crippen LogP contribution is -2.29. The average Bonchev–Trinajstić information content (AvgIpc) is 2.90. The van der Waals surface area contributed by atoms with Gasteiger partial charge >= 0.3 is 0 Å². The van der Waals surface area contributed by atoms with Gasteiger partial charge in [-0.2, -0.15) is 0 Å². The van der Waals surface area contributed by atoms with Crippen molar-refractivity contribution < 1.29 is 9.47 Å². The van der Waals surface area contributed by atoms with Crippen LogP contribution in [-0.2, 0) is 0 Å². The standard InChI is InChI=1S/C15H24N2O2/c1-4-18-13-6-7-15(19-5-2)14(10-13)17-9-8-12(11-17)16-3/h6-7,10,12,16H,4-5,8-9,11H2,1-3H3. The number of nitrogens with zero attached hydrogens (tertiary/aromatic N) is 1. The minimum Gasteiger partial charge on any atom is -0.494 e. The molecular formula is C15H24N2O2. The van der Waals surface area contributed by atoms with Crippen LogP contribution >= 0.6 is 0 Å². The van der Waals surface area contributed by atoms with E-state index in [4.69, 9.17) is 9.47 Å². The molecule has 1 aliphatic rings. The van der Waals surface area contributed by atoms with Crippen molar-refractivity contribution in [2.75, 3.05) is 38.3 Å². The summed E-state index contributed by atoms with van der Waals surface area (Å²) < 4.78 is 11.3. The predicted octanol–water partition coefficient (Wildman–Crippen LogP) is 2.28. The molecule has 0 radical (unpaired) electrons. The molecule has 106 valence electrons. The molecule has 1 atom stereocenters. The van der Waals surface area contributed by atoms with E-state index in [-0.39, 0.29) is 0 Å². The molecule has 0 amide bonds. The molecular weight excluding hydrogens is 240 g/mol. The third-order valence-corrected chi connectivity index (χ3v) is 3.48. The number of anilines is 1. The molecule has 4 nitrogen and oxygen atoms in total. The number of nitrogens with one attached hydrogen (secondary N) is 1. The molecule has 0 saturated carbocycles. The Hall–Kier alpha value is -1.42. The van der Waals surface area contributed by atoms with Gasteiger partial charge in [0.05, 0.1) is 18.9 Å². The van der Waals surface area contributed by atoms with E-state index in [0.29, 0.717) is 19.3 Å². The van der Waals surface area contributed by atoms with Crippen LogP contribution in [0.2, 0.25) is 0 Å². The third kappa shape index (κ3) is 3.32. The Morgan fingerprint density at radius 1 is 1.26 bits per heavy atom. The van der Waals surface area contributed by atoms with Crippen molar-refractivity contribution >= 4 is 5.69 Å². The summed E-state index contributed by atoms with van der Waals surface area (Å²) >= 11 is 0. The first kappa shape index (κ1) is 14.0. The van der Waals surface area contributed by atoms with Crippen molar-refractivity contribution in [1.82, 2.24) is 5.32 Å². The lowest BCUT2D eigenvalue weighted by atomic mass is 10.2. The molecule has 0 bridgehead atoms. The Morgan fingerprint density at radius 2 is 2.05 bits per heavy atom. The lowest BCUT2D eigenvalue weighted by Gasteiger charge is -2.22. The van der Waals surface area contributed by atoms with E-state index in [9.17, 15) is 0 Å². The first-order valence-electron chi connectivity index (χ1n) is 7.10. The van der Waals surface area contributed by atoms with Gasteiger partial charge in [-0.05, 0) is 39.4 Å². The zero-order chi connectivity index (χ0) is 13.7. The smallest absolute Gasteiger partial charge is 0.142 e. The first-order valence-corrected chi connectivity index (χ1v) is 7.10. The van der Waals surface area contributed by atoms with E-state index in [1.54, 1.807) is 0 Å². The van der Waals surface area contributed by atoms with Gasteiger partial charge in [0.1, 0.15) is 11.5 Å². The van der Waals surface area contributed by atoms with Gasteiger partial charge in [-0.15, -0.1) is 0 Å². The Kier molecular flexibility index (Phi) is 4.91. The third-order valence-electron chi connectivity index (χ3n) is 3.48. The molecule has 1 unspecified atom stereocenters. The second kappa shape index (κ2) is 6.66. The van der Waals surface area contributed by atoms with Gasteiger partial charge < -0.3 is 19.7 Å². The van der Waals surface area contributed by atoms with Crippen molar-refractivity contribution in [2.45, 2.75) is 26.3 Å². The van der Waals surface area contributed by atoms with Crippen LogP contribution in [0.1, 0.15) is 20.3 Å². The number of ether oxygens (including phenoxy) is 2. The summed E-state index contributed by atoms with van der Waals surface area (Å²) in [5.41, 5.74) is 1.14. The fourth-order valence-corrected chi connectivity index (χ4v) is 2.49. The van der Waals surface area contributed by atoms with E-state index in [2.05, 4.69) is 16.3 Å². The zero-order valence-electron chi connectivity index (χ0n) is 12.1. The van der Waals surface area contributed by atoms with Crippen LogP contribution in [0.5, 0.6) is 11.5 Å². The van der Waals surface area contributed by atoms with Gasteiger partial charge in [0.15, 0.2) is 0 Å². The second-order valence-corrected chi connectivity index (χ2v) is 4.72. The normalized spacial score (nSPS) is 18.7. The molecule has 1 aromatic carbocycles. The predicted molar refractivity (Wildman–Crippen MR) is 78.5 cm³/mol. The van der Waals surface area contributed by atoms with Gasteiger partial charge in [0.25, 0.3) is 0 Å². The highest BCUT2D eigenvalue weighted by Gasteiger charge is 2.23. The van der Waals surface area contributed by atoms with Crippen LogP contribution < -0.4 is 19.7 Å². The molecule has 1 N–H and O–H groups in total. The SMILES string of the molecule is CCOc1ccc(OCC)c(N2CCC(NC)C2)c1. The summed E-state index contributed by atoms with van der Waals surface area (Å²) in [5, 5.41) is 3.34. The molecule has 1 saturated heterocycles. The van der Waals surface area contributed by atoms with E-state index in [1.807, 2.05) is 33.0 Å². The highest BCUT2D eigenvalue weighted by Crippen LogP contribution is 2.34. The van der Waals surface area contributed by atoms with E-state index in [1.165, 1.54) is 6.42 Å². The van der Waals surface area contributed by atoms with Crippen LogP contribution in [0, 0.1) is 0 Å². The van der Waals surface area contributed by atoms with Crippen LogP contribution in [0.15, 0.2) is 18.2 Å². The summed E-state index contributed by atoms with van der Waals surface area (Å²) in [6.45, 7) is 7.47. The lowest BCUT2D eigenvalue weighted by molar-refractivity contribution is 0.331. The maximum atomic E-state index is 5.73. The number of benzene rings is 1. The summed E-state index contributed by atoms with van der Waals surface area (Å²) in [5.74, 6) is 1.86. The van der Waals surface area contributed by atoms with Crippen LogP contribution in [-0.4, -0.2) is 39.4 Å². The highest BCUT2D eigenvalue weighted by atomic mass is 16.5. The van der Waals surface area contributed by atoms with Crippen molar-refractivity contribution in [2.24, 2.45) is 0 Å². The quantitative estimate of drug-likeness (QED) is 0.854. The van der Waals surface area contributed by atoms with Crippen molar-refractivity contribution in [3.63, 3.8) is 0 Å². The van der Waals surface area contributed by atoms with Gasteiger partial charge in [0, 0.05) is 25.2 Å². The van der Waals surface area contributed by atoms with Crippen LogP contribution in [0.3, 0.4) is 0 Å². The number of hydrogen-bond acceptors (Lipinski definition) is 4. The monoisotopic (exact) mass is 264 g/mol. The zero-order valence-corrected chi connectivity index (χ0v) is 12.1. The Bertz CT molecular complexity index is 409. The number of likely N-dealkylation sites (N-methyl/N-ethyl adjacent to an activating group) is 1. The average molecular weight is 264 g/mol. The van der Waals surface area contributed by atoms with Gasteiger partial charge in [0.2, 0.25) is 0 Å². The summed E-state index contributed by atoms with van der Waals surface area (Å²) in [6.07, 6.45) is 1.17. The van der Waals surface area contributed by atoms with E-state index < -0.39 is 0 Å². The minimum atomic E-state index is 0.560. The van der Waals surface area contributed by atoms with Gasteiger partial charge in [-0.25, -0.2) is 0 Å². The molecule has 1 aromatic rings.